The van der Waals surface area contributed by atoms with Gasteiger partial charge in [0.15, 0.2) is 0 Å². The summed E-state index contributed by atoms with van der Waals surface area (Å²) in [5.41, 5.74) is 1.84. The molecule has 0 fully saturated rings. The van der Waals surface area contributed by atoms with E-state index in [-0.39, 0.29) is 0 Å². The van der Waals surface area contributed by atoms with E-state index in [4.69, 9.17) is 3.85 Å². The molecule has 0 aliphatic carbocycles. The summed E-state index contributed by atoms with van der Waals surface area (Å²) >= 11 is 1.19. The molecule has 0 amide bonds. The molecule has 0 spiro atoms. The van der Waals surface area contributed by atoms with Gasteiger partial charge in [-0.3, -0.25) is 0 Å². The molecule has 1 aromatic heterocycles. The van der Waals surface area contributed by atoms with Crippen molar-refractivity contribution in [2.75, 3.05) is 0 Å². The number of hydrogen-bond donors (Lipinski definition) is 0. The molecule has 4 heteroatoms. The molecule has 88 valence electrons. The molecule has 0 aliphatic rings. The van der Waals surface area contributed by atoms with E-state index in [1.54, 1.807) is 0 Å². The number of aromatic nitrogens is 1. The van der Waals surface area contributed by atoms with Gasteiger partial charge < -0.3 is 3.85 Å². The van der Waals surface area contributed by atoms with Gasteiger partial charge in [0, 0.05) is 5.56 Å². The highest BCUT2D eigenvalue weighted by atomic mass is 32.1. The lowest BCUT2D eigenvalue weighted by molar-refractivity contribution is 0.690. The number of nitrogens with zero attached hydrogens (tertiary/aromatic N) is 2. The van der Waals surface area contributed by atoms with Gasteiger partial charge >= 0.3 is 0 Å². The van der Waals surface area contributed by atoms with Crippen LogP contribution < -0.4 is 4.80 Å². The van der Waals surface area contributed by atoms with Crippen LogP contribution in [0, 0.1) is 0 Å². The quantitative estimate of drug-likeness (QED) is 0.700. The second-order valence-electron chi connectivity index (χ2n) is 3.68. The molecular weight excluding hydrogens is 244 g/mol. The maximum absolute atomic E-state index is 5.46. The minimum Gasteiger partial charge on any atom is -0.377 e. The fraction of sp³-hybridized carbons (Fsp3) is 0. The van der Waals surface area contributed by atoms with E-state index in [0.29, 0.717) is 10.7 Å². The lowest BCUT2D eigenvalue weighted by atomic mass is 10.2. The standard InChI is InChI=1S/C14H10N2OS/c1-3-7-11(8-4-1)13-16-14(18-17-13)15-12-9-5-2-6-10-12/h1-10H. The molecule has 2 aromatic carbocycles. The van der Waals surface area contributed by atoms with E-state index < -0.39 is 0 Å². The van der Waals surface area contributed by atoms with Gasteiger partial charge in [-0.2, -0.15) is 4.98 Å². The predicted octanol–water partition coefficient (Wildman–Crippen LogP) is 3.64. The van der Waals surface area contributed by atoms with Crippen molar-refractivity contribution in [1.82, 2.24) is 4.98 Å². The molecule has 3 nitrogen and oxygen atoms in total. The Labute approximate surface area is 108 Å². The molecule has 0 saturated heterocycles. The van der Waals surface area contributed by atoms with Crippen molar-refractivity contribution in [3.05, 3.63) is 65.5 Å². The second-order valence-corrected chi connectivity index (χ2v) is 4.38. The highest BCUT2D eigenvalue weighted by Crippen LogP contribution is 2.16. The third kappa shape index (κ3) is 2.38. The molecule has 0 aliphatic heterocycles. The molecule has 0 unspecified atom stereocenters. The van der Waals surface area contributed by atoms with E-state index in [1.165, 1.54) is 11.6 Å². The highest BCUT2D eigenvalue weighted by molar-refractivity contribution is 7.00. The Kier molecular flexibility index (Phi) is 3.02. The van der Waals surface area contributed by atoms with E-state index in [9.17, 15) is 0 Å². The van der Waals surface area contributed by atoms with Crippen LogP contribution in [0.1, 0.15) is 0 Å². The Hall–Kier alpha value is -2.20. The molecule has 0 saturated carbocycles. The van der Waals surface area contributed by atoms with Crippen LogP contribution in [0.5, 0.6) is 0 Å². The van der Waals surface area contributed by atoms with Gasteiger partial charge in [0.25, 0.3) is 0 Å². The average Bonchev–Trinajstić information content (AvgIpc) is 2.89. The number of benzene rings is 2. The van der Waals surface area contributed by atoms with Gasteiger partial charge in [0.2, 0.25) is 10.7 Å². The van der Waals surface area contributed by atoms with Gasteiger partial charge in [-0.15, -0.1) is 0 Å². The van der Waals surface area contributed by atoms with E-state index in [1.807, 2.05) is 60.7 Å². The maximum atomic E-state index is 5.46. The molecular formula is C14H10N2OS. The zero-order chi connectivity index (χ0) is 12.2. The number of para-hydroxylation sites is 1. The maximum Gasteiger partial charge on any atom is 0.248 e. The van der Waals surface area contributed by atoms with E-state index in [0.717, 1.165) is 11.3 Å². The van der Waals surface area contributed by atoms with Crippen molar-refractivity contribution in [3.8, 4) is 11.5 Å². The first-order chi connectivity index (χ1) is 8.92. The van der Waals surface area contributed by atoms with Crippen LogP contribution in [0.25, 0.3) is 11.5 Å². The fourth-order valence-electron chi connectivity index (χ4n) is 1.55. The third-order valence-corrected chi connectivity index (χ3v) is 2.97. The van der Waals surface area contributed by atoms with Gasteiger partial charge in [0.05, 0.1) is 17.3 Å². The van der Waals surface area contributed by atoms with Crippen LogP contribution in [0.4, 0.5) is 5.69 Å². The monoisotopic (exact) mass is 254 g/mol. The average molecular weight is 254 g/mol. The molecule has 0 radical (unpaired) electrons. The summed E-state index contributed by atoms with van der Waals surface area (Å²) < 4.78 is 5.46. The number of hydrogen-bond acceptors (Lipinski definition) is 4. The Morgan fingerprint density at radius 2 is 1.56 bits per heavy atom. The molecule has 18 heavy (non-hydrogen) atoms. The lowest BCUT2D eigenvalue weighted by Crippen LogP contribution is -1.96. The van der Waals surface area contributed by atoms with Crippen molar-refractivity contribution in [2.45, 2.75) is 0 Å². The Balaban J connectivity index is 1.98. The highest BCUT2D eigenvalue weighted by Gasteiger charge is 2.03. The van der Waals surface area contributed by atoms with Crippen molar-refractivity contribution >= 4 is 17.3 Å². The van der Waals surface area contributed by atoms with E-state index in [2.05, 4.69) is 9.98 Å². The van der Waals surface area contributed by atoms with Crippen LogP contribution in [-0.2, 0) is 0 Å². The summed E-state index contributed by atoms with van der Waals surface area (Å²) in [4.78, 5) is 9.39. The van der Waals surface area contributed by atoms with Crippen LogP contribution in [0.3, 0.4) is 0 Å². The Bertz CT molecular complexity index is 686. The number of rotatable bonds is 2. The Morgan fingerprint density at radius 3 is 2.28 bits per heavy atom. The zero-order valence-electron chi connectivity index (χ0n) is 9.48. The van der Waals surface area contributed by atoms with Crippen LogP contribution in [0.15, 0.2) is 69.5 Å². The van der Waals surface area contributed by atoms with Crippen LogP contribution in [-0.4, -0.2) is 4.98 Å². The predicted molar refractivity (Wildman–Crippen MR) is 71.5 cm³/mol. The zero-order valence-corrected chi connectivity index (χ0v) is 10.3. The van der Waals surface area contributed by atoms with Crippen LogP contribution in [0.2, 0.25) is 0 Å². The third-order valence-electron chi connectivity index (χ3n) is 2.39. The molecule has 3 rings (SSSR count). The molecule has 0 atom stereocenters. The molecule has 1 heterocycles. The Morgan fingerprint density at radius 1 is 0.889 bits per heavy atom. The fourth-order valence-corrected chi connectivity index (χ4v) is 2.10. The van der Waals surface area contributed by atoms with Crippen molar-refractivity contribution in [3.63, 3.8) is 0 Å². The van der Waals surface area contributed by atoms with Crippen molar-refractivity contribution < 1.29 is 3.85 Å². The first kappa shape index (κ1) is 10.9. The summed E-state index contributed by atoms with van der Waals surface area (Å²) in [6.07, 6.45) is 0. The van der Waals surface area contributed by atoms with Gasteiger partial charge in [-0.25, -0.2) is 4.99 Å². The second kappa shape index (κ2) is 4.98. The summed E-state index contributed by atoms with van der Waals surface area (Å²) in [6, 6.07) is 19.5. The summed E-state index contributed by atoms with van der Waals surface area (Å²) in [5, 5.41) is 0. The van der Waals surface area contributed by atoms with Crippen molar-refractivity contribution in [1.29, 1.82) is 0 Å². The van der Waals surface area contributed by atoms with Gasteiger partial charge in [0.1, 0.15) is 0 Å². The summed E-state index contributed by atoms with van der Waals surface area (Å²) in [7, 11) is 0. The minimum atomic E-state index is 0.607. The lowest BCUT2D eigenvalue weighted by Gasteiger charge is -1.90. The largest absolute Gasteiger partial charge is 0.377 e. The normalized spacial score (nSPS) is 11.7. The summed E-state index contributed by atoms with van der Waals surface area (Å²) in [6.45, 7) is 0. The minimum absolute atomic E-state index is 0.607. The first-order valence-electron chi connectivity index (χ1n) is 5.54. The summed E-state index contributed by atoms with van der Waals surface area (Å²) in [5.74, 6) is 0.607. The topological polar surface area (TPSA) is 38.4 Å². The van der Waals surface area contributed by atoms with Gasteiger partial charge in [-0.05, 0) is 24.3 Å². The SMILES string of the molecule is c1ccc(N=c2nc(-c3ccccc3)os2)cc1. The smallest absolute Gasteiger partial charge is 0.248 e. The molecule has 3 aromatic rings. The molecule has 0 N–H and O–H groups in total. The molecule has 0 bridgehead atoms. The first-order valence-corrected chi connectivity index (χ1v) is 6.28. The van der Waals surface area contributed by atoms with Crippen LogP contribution >= 0.6 is 11.6 Å². The van der Waals surface area contributed by atoms with E-state index >= 15 is 0 Å². The van der Waals surface area contributed by atoms with Crippen molar-refractivity contribution in [2.24, 2.45) is 4.99 Å². The van der Waals surface area contributed by atoms with Gasteiger partial charge in [-0.1, -0.05) is 36.4 Å².